The van der Waals surface area contributed by atoms with Gasteiger partial charge < -0.3 is 4.74 Å². The Labute approximate surface area is 182 Å². The van der Waals surface area contributed by atoms with Crippen LogP contribution in [0.5, 0.6) is 0 Å². The first kappa shape index (κ1) is 27.5. The Hall–Kier alpha value is -0.470. The third-order valence-corrected chi connectivity index (χ3v) is 6.87. The third-order valence-electron chi connectivity index (χ3n) is 3.82. The molecule has 1 atom stereocenters. The van der Waals surface area contributed by atoms with Crippen LogP contribution in [-0.2, 0) is 23.9 Å². The smallest absolute Gasteiger partial charge is 0.305 e. The zero-order chi connectivity index (χ0) is 21.2. The average molecular weight is 451 g/mol. The Kier molecular flexibility index (Phi) is 18.2. The molecule has 0 aromatic heterocycles. The number of thioether (sulfide) groups is 3. The van der Waals surface area contributed by atoms with Gasteiger partial charge in [-0.25, -0.2) is 0 Å². The Morgan fingerprint density at radius 1 is 0.714 bits per heavy atom. The summed E-state index contributed by atoms with van der Waals surface area (Å²) in [6, 6.07) is 0. The lowest BCUT2D eigenvalue weighted by Crippen LogP contribution is -2.20. The van der Waals surface area contributed by atoms with E-state index in [9.17, 15) is 19.2 Å². The van der Waals surface area contributed by atoms with E-state index in [2.05, 4.69) is 0 Å². The number of carbonyl (C=O) groups is 4. The van der Waals surface area contributed by atoms with Gasteiger partial charge in [0.05, 0.1) is 5.25 Å². The average Bonchev–Trinajstić information content (AvgIpc) is 2.61. The van der Waals surface area contributed by atoms with E-state index in [-0.39, 0.29) is 33.2 Å². The van der Waals surface area contributed by atoms with Crippen molar-refractivity contribution in [3.8, 4) is 0 Å². The van der Waals surface area contributed by atoms with Gasteiger partial charge in [0.1, 0.15) is 6.61 Å². The summed E-state index contributed by atoms with van der Waals surface area (Å²) < 4.78 is 5.27. The van der Waals surface area contributed by atoms with E-state index in [0.717, 1.165) is 55.0 Å². The second-order valence-corrected chi connectivity index (χ2v) is 10.6. The van der Waals surface area contributed by atoms with Gasteiger partial charge in [-0.1, -0.05) is 73.8 Å². The molecular formula is C20H34O5S3. The Morgan fingerprint density at radius 3 is 1.79 bits per heavy atom. The minimum Gasteiger partial charge on any atom is -0.464 e. The normalized spacial score (nSPS) is 11.8. The number of carbonyl (C=O) groups excluding carboxylic acids is 4. The molecule has 162 valence electrons. The van der Waals surface area contributed by atoms with Crippen LogP contribution in [-0.4, -0.2) is 44.7 Å². The summed E-state index contributed by atoms with van der Waals surface area (Å²) in [6.07, 6.45) is 9.21. The number of ether oxygens (including phenoxy) is 1. The Morgan fingerprint density at radius 2 is 1.25 bits per heavy atom. The van der Waals surface area contributed by atoms with Crippen LogP contribution in [0.25, 0.3) is 0 Å². The van der Waals surface area contributed by atoms with E-state index in [1.165, 1.54) is 51.3 Å². The molecule has 0 bridgehead atoms. The number of unbranched alkanes of at least 4 members (excludes halogenated alkanes) is 7. The van der Waals surface area contributed by atoms with Crippen molar-refractivity contribution < 1.29 is 23.9 Å². The standard InChI is InChI=1S/C20H34O5S3/c1-16(21)26-13-11-9-7-5-4-6-8-10-12-20(24)25-14-19(28-18(3)23)15-27-17(2)22/h19H,4-15H2,1-3H3. The minimum absolute atomic E-state index is 0.00423. The lowest BCUT2D eigenvalue weighted by atomic mass is 10.1. The lowest BCUT2D eigenvalue weighted by molar-refractivity contribution is -0.143. The summed E-state index contributed by atoms with van der Waals surface area (Å²) in [5.41, 5.74) is 0. The van der Waals surface area contributed by atoms with E-state index >= 15 is 0 Å². The molecule has 0 saturated carbocycles. The highest BCUT2D eigenvalue weighted by atomic mass is 32.2. The van der Waals surface area contributed by atoms with Gasteiger partial charge in [-0.3, -0.25) is 19.2 Å². The first-order chi connectivity index (χ1) is 13.3. The van der Waals surface area contributed by atoms with Crippen molar-refractivity contribution in [3.05, 3.63) is 0 Å². The first-order valence-corrected chi connectivity index (χ1v) is 12.8. The zero-order valence-electron chi connectivity index (χ0n) is 17.3. The van der Waals surface area contributed by atoms with Crippen LogP contribution in [0.4, 0.5) is 0 Å². The second-order valence-electron chi connectivity index (χ2n) is 6.64. The van der Waals surface area contributed by atoms with Gasteiger partial charge in [-0.2, -0.15) is 0 Å². The van der Waals surface area contributed by atoms with Crippen LogP contribution < -0.4 is 0 Å². The molecule has 0 heterocycles. The summed E-state index contributed by atoms with van der Waals surface area (Å²) in [5, 5.41) is -0.0240. The number of esters is 1. The van der Waals surface area contributed by atoms with Crippen LogP contribution in [0.15, 0.2) is 0 Å². The van der Waals surface area contributed by atoms with Crippen LogP contribution >= 0.6 is 35.3 Å². The van der Waals surface area contributed by atoms with Gasteiger partial charge in [-0.15, -0.1) is 0 Å². The molecule has 0 aliphatic rings. The zero-order valence-corrected chi connectivity index (χ0v) is 19.8. The largest absolute Gasteiger partial charge is 0.464 e. The van der Waals surface area contributed by atoms with E-state index in [0.29, 0.717) is 12.2 Å². The molecule has 5 nitrogen and oxygen atoms in total. The number of hydrogen-bond acceptors (Lipinski definition) is 8. The predicted molar refractivity (Wildman–Crippen MR) is 121 cm³/mol. The number of rotatable bonds is 16. The molecule has 0 amide bonds. The SMILES string of the molecule is CC(=O)SCCCCCCCCCCC(=O)OCC(CSC(C)=O)SC(C)=O. The van der Waals surface area contributed by atoms with Gasteiger partial charge >= 0.3 is 5.97 Å². The first-order valence-electron chi connectivity index (χ1n) is 9.90. The summed E-state index contributed by atoms with van der Waals surface area (Å²) in [6.45, 7) is 4.74. The highest BCUT2D eigenvalue weighted by molar-refractivity contribution is 8.17. The summed E-state index contributed by atoms with van der Waals surface area (Å²) >= 11 is 3.68. The van der Waals surface area contributed by atoms with Crippen molar-refractivity contribution in [2.24, 2.45) is 0 Å². The summed E-state index contributed by atoms with van der Waals surface area (Å²) in [7, 11) is 0. The molecule has 0 aromatic carbocycles. The maximum Gasteiger partial charge on any atom is 0.305 e. The highest BCUT2D eigenvalue weighted by Gasteiger charge is 2.16. The summed E-state index contributed by atoms with van der Waals surface area (Å²) in [5.74, 6) is 1.17. The molecule has 0 aliphatic heterocycles. The van der Waals surface area contributed by atoms with Crippen LogP contribution in [0, 0.1) is 0 Å². The molecule has 0 aliphatic carbocycles. The van der Waals surface area contributed by atoms with Crippen molar-refractivity contribution in [1.82, 2.24) is 0 Å². The molecule has 0 N–H and O–H groups in total. The van der Waals surface area contributed by atoms with Crippen LogP contribution in [0.1, 0.15) is 78.6 Å². The van der Waals surface area contributed by atoms with Crippen molar-refractivity contribution >= 4 is 56.6 Å². The molecule has 0 fully saturated rings. The molecule has 0 spiro atoms. The van der Waals surface area contributed by atoms with E-state index in [1.54, 1.807) is 6.92 Å². The monoisotopic (exact) mass is 450 g/mol. The van der Waals surface area contributed by atoms with E-state index in [4.69, 9.17) is 4.74 Å². The van der Waals surface area contributed by atoms with Crippen LogP contribution in [0.3, 0.4) is 0 Å². The topological polar surface area (TPSA) is 77.5 Å². The fourth-order valence-electron chi connectivity index (χ4n) is 2.47. The fraction of sp³-hybridized carbons (Fsp3) is 0.800. The molecule has 0 rings (SSSR count). The minimum atomic E-state index is -0.232. The van der Waals surface area contributed by atoms with Crippen molar-refractivity contribution in [1.29, 1.82) is 0 Å². The van der Waals surface area contributed by atoms with Crippen molar-refractivity contribution in [3.63, 3.8) is 0 Å². The molecule has 1 unspecified atom stereocenters. The summed E-state index contributed by atoms with van der Waals surface area (Å²) in [4.78, 5) is 45.0. The second kappa shape index (κ2) is 18.6. The van der Waals surface area contributed by atoms with Gasteiger partial charge in [0, 0.05) is 38.7 Å². The molecule has 8 heteroatoms. The van der Waals surface area contributed by atoms with Gasteiger partial charge in [-0.05, 0) is 12.8 Å². The van der Waals surface area contributed by atoms with E-state index < -0.39 is 0 Å². The lowest BCUT2D eigenvalue weighted by Gasteiger charge is -2.14. The maximum absolute atomic E-state index is 11.8. The quantitative estimate of drug-likeness (QED) is 0.233. The molecule has 0 saturated heterocycles. The fourth-order valence-corrected chi connectivity index (χ4v) is 4.70. The van der Waals surface area contributed by atoms with E-state index in [1.807, 2.05) is 0 Å². The predicted octanol–water partition coefficient (Wildman–Crippen LogP) is 5.25. The Bertz CT molecular complexity index is 482. The number of hydrogen-bond donors (Lipinski definition) is 0. The molecular weight excluding hydrogens is 416 g/mol. The van der Waals surface area contributed by atoms with Crippen molar-refractivity contribution in [2.45, 2.75) is 83.8 Å². The van der Waals surface area contributed by atoms with Gasteiger partial charge in [0.15, 0.2) is 15.3 Å². The molecule has 0 aromatic rings. The van der Waals surface area contributed by atoms with Crippen molar-refractivity contribution in [2.75, 3.05) is 18.1 Å². The highest BCUT2D eigenvalue weighted by Crippen LogP contribution is 2.19. The Balaban J connectivity index is 3.63. The maximum atomic E-state index is 11.8. The third kappa shape index (κ3) is 20.3. The van der Waals surface area contributed by atoms with Gasteiger partial charge in [0.25, 0.3) is 0 Å². The van der Waals surface area contributed by atoms with Crippen LogP contribution in [0.2, 0.25) is 0 Å². The molecule has 28 heavy (non-hydrogen) atoms. The van der Waals surface area contributed by atoms with Gasteiger partial charge in [0.2, 0.25) is 0 Å². The molecule has 0 radical (unpaired) electrons.